The molecule has 0 radical (unpaired) electrons. The molecule has 0 saturated heterocycles. The first-order valence-corrected chi connectivity index (χ1v) is 6.47. The number of benzene rings is 1. The fourth-order valence-corrected chi connectivity index (χ4v) is 2.52. The average molecular weight is 268 g/mol. The predicted molar refractivity (Wildman–Crippen MR) is 66.8 cm³/mol. The lowest BCUT2D eigenvalue weighted by atomic mass is 10.3. The van der Waals surface area contributed by atoms with Crippen LogP contribution in [0.15, 0.2) is 35.4 Å². The van der Waals surface area contributed by atoms with Gasteiger partial charge < -0.3 is 10.5 Å². The number of hydrogen-bond acceptors (Lipinski definition) is 5. The van der Waals surface area contributed by atoms with E-state index < -0.39 is 10.0 Å². The zero-order chi connectivity index (χ0) is 13.2. The molecule has 18 heavy (non-hydrogen) atoms. The van der Waals surface area contributed by atoms with Crippen molar-refractivity contribution >= 4 is 21.5 Å². The highest BCUT2D eigenvalue weighted by Gasteiger charge is 2.20. The van der Waals surface area contributed by atoms with Gasteiger partial charge in [-0.25, -0.2) is 8.42 Å². The number of aromatic nitrogens is 2. The molecule has 0 aliphatic heterocycles. The molecule has 1 aromatic heterocycles. The topological polar surface area (TPSA) is 110 Å². The summed E-state index contributed by atoms with van der Waals surface area (Å²) in [6.45, 7) is 0. The smallest absolute Gasteiger partial charge is 0.267 e. The molecule has 0 fully saturated rings. The second-order valence-electron chi connectivity index (χ2n) is 3.45. The molecule has 0 bridgehead atoms. The van der Waals surface area contributed by atoms with E-state index in [1.165, 1.54) is 7.11 Å². The number of sulfonamides is 1. The number of anilines is 2. The Balaban J connectivity index is 2.37. The van der Waals surface area contributed by atoms with Crippen LogP contribution in [0.1, 0.15) is 0 Å². The van der Waals surface area contributed by atoms with Crippen molar-refractivity contribution in [1.29, 1.82) is 0 Å². The molecule has 8 heteroatoms. The van der Waals surface area contributed by atoms with Crippen LogP contribution in [0.3, 0.4) is 0 Å². The molecule has 7 nitrogen and oxygen atoms in total. The highest BCUT2D eigenvalue weighted by Crippen LogP contribution is 2.26. The average Bonchev–Trinajstić information content (AvgIpc) is 2.76. The monoisotopic (exact) mass is 268 g/mol. The Hall–Kier alpha value is -2.22. The van der Waals surface area contributed by atoms with Gasteiger partial charge in [-0.1, -0.05) is 12.1 Å². The number of H-pyrrole nitrogens is 1. The lowest BCUT2D eigenvalue weighted by Gasteiger charge is -2.10. The van der Waals surface area contributed by atoms with Crippen molar-refractivity contribution < 1.29 is 13.2 Å². The molecule has 2 aromatic rings. The van der Waals surface area contributed by atoms with E-state index in [-0.39, 0.29) is 10.7 Å². The van der Waals surface area contributed by atoms with Crippen LogP contribution < -0.4 is 15.2 Å². The Morgan fingerprint density at radius 3 is 2.72 bits per heavy atom. The van der Waals surface area contributed by atoms with E-state index in [0.717, 1.165) is 6.20 Å². The maximum absolute atomic E-state index is 12.0. The van der Waals surface area contributed by atoms with E-state index in [2.05, 4.69) is 14.9 Å². The number of hydrogen-bond donors (Lipinski definition) is 3. The van der Waals surface area contributed by atoms with Gasteiger partial charge in [0.2, 0.25) is 0 Å². The van der Waals surface area contributed by atoms with Crippen molar-refractivity contribution in [3.8, 4) is 5.75 Å². The standard InChI is InChI=1S/C10H12N4O3S/c1-17-8-5-3-2-4-7(8)14-18(15,16)9-6-12-13-10(9)11/h2-6,14H,1H3,(H3,11,12,13). The van der Waals surface area contributed by atoms with Gasteiger partial charge in [-0.05, 0) is 12.1 Å². The first kappa shape index (κ1) is 12.2. The number of aromatic amines is 1. The van der Waals surface area contributed by atoms with Crippen molar-refractivity contribution in [2.75, 3.05) is 17.6 Å². The lowest BCUT2D eigenvalue weighted by Crippen LogP contribution is -2.14. The van der Waals surface area contributed by atoms with Gasteiger partial charge in [-0.15, -0.1) is 0 Å². The van der Waals surface area contributed by atoms with Crippen LogP contribution in [0.4, 0.5) is 11.5 Å². The third kappa shape index (κ3) is 2.23. The number of nitrogens with two attached hydrogens (primary N) is 1. The highest BCUT2D eigenvalue weighted by atomic mass is 32.2. The summed E-state index contributed by atoms with van der Waals surface area (Å²) >= 11 is 0. The van der Waals surface area contributed by atoms with Gasteiger partial charge in [-0.2, -0.15) is 5.10 Å². The number of ether oxygens (including phenoxy) is 1. The Labute approximate surface area is 104 Å². The number of nitrogens with one attached hydrogen (secondary N) is 2. The number of methoxy groups -OCH3 is 1. The minimum Gasteiger partial charge on any atom is -0.495 e. The first-order valence-electron chi connectivity index (χ1n) is 4.99. The summed E-state index contributed by atoms with van der Waals surface area (Å²) in [6, 6.07) is 6.67. The molecule has 0 unspecified atom stereocenters. The normalized spacial score (nSPS) is 11.2. The second kappa shape index (κ2) is 4.57. The van der Waals surface area contributed by atoms with Gasteiger partial charge in [0.25, 0.3) is 10.0 Å². The summed E-state index contributed by atoms with van der Waals surface area (Å²) in [5, 5.41) is 5.94. The fourth-order valence-electron chi connectivity index (χ4n) is 1.43. The van der Waals surface area contributed by atoms with Crippen LogP contribution in [0.25, 0.3) is 0 Å². The minimum atomic E-state index is -3.78. The molecular weight excluding hydrogens is 256 g/mol. The number of rotatable bonds is 4. The molecule has 96 valence electrons. The summed E-state index contributed by atoms with van der Waals surface area (Å²) in [7, 11) is -2.32. The molecule has 1 heterocycles. The van der Waals surface area contributed by atoms with E-state index in [4.69, 9.17) is 10.5 Å². The third-order valence-electron chi connectivity index (χ3n) is 2.27. The zero-order valence-corrected chi connectivity index (χ0v) is 10.4. The molecule has 4 N–H and O–H groups in total. The van der Waals surface area contributed by atoms with Crippen molar-refractivity contribution in [3.05, 3.63) is 30.5 Å². The quantitative estimate of drug-likeness (QED) is 0.759. The molecule has 0 amide bonds. The Bertz CT molecular complexity index is 651. The van der Waals surface area contributed by atoms with E-state index in [9.17, 15) is 8.42 Å². The van der Waals surface area contributed by atoms with Crippen LogP contribution >= 0.6 is 0 Å². The van der Waals surface area contributed by atoms with Crippen molar-refractivity contribution in [2.45, 2.75) is 4.90 Å². The molecule has 0 aliphatic rings. The van der Waals surface area contributed by atoms with Crippen LogP contribution in [-0.4, -0.2) is 25.7 Å². The number of nitrogens with zero attached hydrogens (tertiary/aromatic N) is 1. The Morgan fingerprint density at radius 1 is 1.39 bits per heavy atom. The van der Waals surface area contributed by atoms with Crippen molar-refractivity contribution in [1.82, 2.24) is 10.2 Å². The summed E-state index contributed by atoms with van der Waals surface area (Å²) in [5.41, 5.74) is 5.82. The largest absolute Gasteiger partial charge is 0.495 e. The van der Waals surface area contributed by atoms with Crippen LogP contribution in [0, 0.1) is 0 Å². The Kier molecular flexibility index (Phi) is 3.11. The van der Waals surface area contributed by atoms with Crippen LogP contribution in [0.2, 0.25) is 0 Å². The SMILES string of the molecule is COc1ccccc1NS(=O)(=O)c1cn[nH]c1N. The summed E-state index contributed by atoms with van der Waals surface area (Å²) < 4.78 is 31.5. The molecule has 1 aromatic carbocycles. The molecular formula is C10H12N4O3S. The first-order chi connectivity index (χ1) is 8.54. The van der Waals surface area contributed by atoms with Gasteiger partial charge in [0.05, 0.1) is 19.0 Å². The van der Waals surface area contributed by atoms with Crippen LogP contribution in [-0.2, 0) is 10.0 Å². The van der Waals surface area contributed by atoms with Gasteiger partial charge >= 0.3 is 0 Å². The predicted octanol–water partition coefficient (Wildman–Crippen LogP) is 0.801. The number of nitrogen functional groups attached to an aromatic ring is 1. The van der Waals surface area contributed by atoms with Crippen LogP contribution in [0.5, 0.6) is 5.75 Å². The third-order valence-corrected chi connectivity index (χ3v) is 3.67. The molecule has 0 saturated carbocycles. The highest BCUT2D eigenvalue weighted by molar-refractivity contribution is 7.92. The van der Waals surface area contributed by atoms with E-state index >= 15 is 0 Å². The Morgan fingerprint density at radius 2 is 2.11 bits per heavy atom. The minimum absolute atomic E-state index is 0.0163. The second-order valence-corrected chi connectivity index (χ2v) is 5.10. The van der Waals surface area contributed by atoms with E-state index in [0.29, 0.717) is 11.4 Å². The van der Waals surface area contributed by atoms with Crippen molar-refractivity contribution in [3.63, 3.8) is 0 Å². The summed E-state index contributed by atoms with van der Waals surface area (Å²) in [4.78, 5) is -0.103. The summed E-state index contributed by atoms with van der Waals surface area (Å²) in [5.74, 6) is 0.403. The van der Waals surface area contributed by atoms with Gasteiger partial charge in [0.1, 0.15) is 16.5 Å². The fraction of sp³-hybridized carbons (Fsp3) is 0.100. The molecule has 2 rings (SSSR count). The van der Waals surface area contributed by atoms with E-state index in [1.807, 2.05) is 0 Å². The van der Waals surface area contributed by atoms with Gasteiger partial charge in [0, 0.05) is 0 Å². The molecule has 0 aliphatic carbocycles. The molecule has 0 spiro atoms. The summed E-state index contributed by atoms with van der Waals surface area (Å²) in [6.07, 6.45) is 1.15. The van der Waals surface area contributed by atoms with Gasteiger partial charge in [-0.3, -0.25) is 9.82 Å². The van der Waals surface area contributed by atoms with Gasteiger partial charge in [0.15, 0.2) is 0 Å². The molecule has 0 atom stereocenters. The van der Waals surface area contributed by atoms with Crippen molar-refractivity contribution in [2.24, 2.45) is 0 Å². The van der Waals surface area contributed by atoms with E-state index in [1.54, 1.807) is 24.3 Å². The number of para-hydroxylation sites is 2. The lowest BCUT2D eigenvalue weighted by molar-refractivity contribution is 0.417. The maximum atomic E-state index is 12.0. The maximum Gasteiger partial charge on any atom is 0.267 e. The zero-order valence-electron chi connectivity index (χ0n) is 9.54.